The number of anilines is 1. The molecule has 0 fully saturated rings. The number of hydrogen-bond donors (Lipinski definition) is 5. The molecular weight excluding hydrogens is 350 g/mol. The topological polar surface area (TPSA) is 128 Å². The molecule has 0 spiro atoms. The number of aromatic hydroxyl groups is 1. The Morgan fingerprint density at radius 3 is 2.41 bits per heavy atom. The fraction of sp³-hybridized carbons (Fsp3) is 0.211. The second-order valence-electron chi connectivity index (χ2n) is 6.23. The van der Waals surface area contributed by atoms with Gasteiger partial charge >= 0.3 is 12.0 Å². The molecule has 1 aliphatic rings. The third kappa shape index (κ3) is 3.69. The number of fused-ring (bicyclic) bond motifs is 1. The Hall–Kier alpha value is -3.55. The molecule has 2 atom stereocenters. The molecule has 2 aromatic rings. The summed E-state index contributed by atoms with van der Waals surface area (Å²) in [4.78, 5) is 35.5. The number of aliphatic carboxylic acids is 1. The number of phenols is 1. The molecule has 3 amide bonds. The quantitative estimate of drug-likeness (QED) is 0.562. The first kappa shape index (κ1) is 18.2. The molecule has 0 aliphatic heterocycles. The molecule has 5 N–H and O–H groups in total. The lowest BCUT2D eigenvalue weighted by Crippen LogP contribution is -2.34. The summed E-state index contributed by atoms with van der Waals surface area (Å²) in [7, 11) is 1.49. The van der Waals surface area contributed by atoms with Crippen molar-refractivity contribution >= 4 is 23.6 Å². The molecule has 0 bridgehead atoms. The maximum absolute atomic E-state index is 12.6. The minimum absolute atomic E-state index is 0.0279. The van der Waals surface area contributed by atoms with Gasteiger partial charge in [0.25, 0.3) is 5.91 Å². The Morgan fingerprint density at radius 2 is 1.78 bits per heavy atom. The number of nitrogens with one attached hydrogen (secondary N) is 3. The highest BCUT2D eigenvalue weighted by molar-refractivity contribution is 5.96. The van der Waals surface area contributed by atoms with Crippen molar-refractivity contribution in [1.82, 2.24) is 10.6 Å². The van der Waals surface area contributed by atoms with Gasteiger partial charge in [-0.2, -0.15) is 0 Å². The summed E-state index contributed by atoms with van der Waals surface area (Å²) in [6, 6.07) is 9.94. The van der Waals surface area contributed by atoms with E-state index < -0.39 is 23.8 Å². The molecular formula is C19H19N3O5. The van der Waals surface area contributed by atoms with E-state index >= 15 is 0 Å². The Kier molecular flexibility index (Phi) is 4.98. The molecule has 140 valence electrons. The van der Waals surface area contributed by atoms with Crippen LogP contribution in [0.5, 0.6) is 5.75 Å². The number of rotatable bonds is 4. The van der Waals surface area contributed by atoms with Crippen molar-refractivity contribution in [3.8, 4) is 5.75 Å². The number of benzene rings is 2. The van der Waals surface area contributed by atoms with Gasteiger partial charge in [-0.25, -0.2) is 4.79 Å². The lowest BCUT2D eigenvalue weighted by atomic mass is 10.00. The smallest absolute Gasteiger partial charge is 0.318 e. The van der Waals surface area contributed by atoms with Crippen molar-refractivity contribution < 1.29 is 24.6 Å². The van der Waals surface area contributed by atoms with Gasteiger partial charge < -0.3 is 26.2 Å². The zero-order chi connectivity index (χ0) is 19.6. The Morgan fingerprint density at radius 1 is 1.07 bits per heavy atom. The number of urea groups is 1. The number of phenolic OH excluding ortho intramolecular Hbond substituents is 1. The molecule has 0 saturated heterocycles. The van der Waals surface area contributed by atoms with E-state index in [2.05, 4.69) is 16.0 Å². The van der Waals surface area contributed by atoms with Gasteiger partial charge in [0.05, 0.1) is 12.0 Å². The van der Waals surface area contributed by atoms with E-state index in [0.717, 1.165) is 0 Å². The lowest BCUT2D eigenvalue weighted by Gasteiger charge is -2.19. The van der Waals surface area contributed by atoms with Crippen LogP contribution in [0.25, 0.3) is 0 Å². The van der Waals surface area contributed by atoms with Crippen molar-refractivity contribution in [3.63, 3.8) is 0 Å². The highest BCUT2D eigenvalue weighted by Crippen LogP contribution is 2.40. The number of carbonyl (C=O) groups is 3. The predicted molar refractivity (Wildman–Crippen MR) is 97.7 cm³/mol. The van der Waals surface area contributed by atoms with Crippen molar-refractivity contribution in [1.29, 1.82) is 0 Å². The van der Waals surface area contributed by atoms with Crippen LogP contribution in [0.1, 0.15) is 27.5 Å². The summed E-state index contributed by atoms with van der Waals surface area (Å²) in [6.07, 6.45) is 0.150. The van der Waals surface area contributed by atoms with Crippen LogP contribution >= 0.6 is 0 Å². The van der Waals surface area contributed by atoms with Crippen LogP contribution < -0.4 is 16.0 Å². The number of hydrogen-bond acceptors (Lipinski definition) is 4. The van der Waals surface area contributed by atoms with Crippen molar-refractivity contribution in [3.05, 3.63) is 59.2 Å². The summed E-state index contributed by atoms with van der Waals surface area (Å²) in [5, 5.41) is 27.2. The van der Waals surface area contributed by atoms with Gasteiger partial charge in [-0.15, -0.1) is 0 Å². The van der Waals surface area contributed by atoms with Crippen LogP contribution in [0.15, 0.2) is 42.5 Å². The summed E-state index contributed by atoms with van der Waals surface area (Å²) in [5.41, 5.74) is 2.00. The van der Waals surface area contributed by atoms with E-state index in [1.807, 2.05) is 0 Å². The molecule has 8 nitrogen and oxygen atoms in total. The Balaban J connectivity index is 1.79. The standard InChI is InChI=1S/C19H19N3O5/c1-20-19(27)21-11-7-5-10(6-8-11)17(24)22-16-12-3-2-4-15(23)13(12)9-14(16)18(25)26/h2-8,14,16,23H,9H2,1H3,(H,22,24)(H,25,26)(H2,20,21,27). The second kappa shape index (κ2) is 7.36. The normalized spacial score (nSPS) is 17.7. The minimum Gasteiger partial charge on any atom is -0.508 e. The summed E-state index contributed by atoms with van der Waals surface area (Å²) < 4.78 is 0. The highest BCUT2D eigenvalue weighted by atomic mass is 16.4. The van der Waals surface area contributed by atoms with Gasteiger partial charge in [0.1, 0.15) is 5.75 Å². The maximum atomic E-state index is 12.6. The van der Waals surface area contributed by atoms with Crippen LogP contribution in [0.2, 0.25) is 0 Å². The first-order valence-electron chi connectivity index (χ1n) is 8.34. The largest absolute Gasteiger partial charge is 0.508 e. The van der Waals surface area contributed by atoms with Crippen LogP contribution in [0, 0.1) is 5.92 Å². The van der Waals surface area contributed by atoms with Gasteiger partial charge in [-0.3, -0.25) is 9.59 Å². The fourth-order valence-electron chi connectivity index (χ4n) is 3.19. The molecule has 0 radical (unpaired) electrons. The molecule has 1 aliphatic carbocycles. The highest BCUT2D eigenvalue weighted by Gasteiger charge is 2.39. The van der Waals surface area contributed by atoms with Gasteiger partial charge in [-0.05, 0) is 42.3 Å². The van der Waals surface area contributed by atoms with E-state index in [1.165, 1.54) is 25.2 Å². The molecule has 0 aromatic heterocycles. The van der Waals surface area contributed by atoms with Crippen LogP contribution in [0.4, 0.5) is 10.5 Å². The molecule has 8 heteroatoms. The second-order valence-corrected chi connectivity index (χ2v) is 6.23. The fourth-order valence-corrected chi connectivity index (χ4v) is 3.19. The van der Waals surface area contributed by atoms with Gasteiger partial charge in [0.2, 0.25) is 0 Å². The number of amides is 3. The van der Waals surface area contributed by atoms with Crippen LogP contribution in [-0.4, -0.2) is 35.2 Å². The monoisotopic (exact) mass is 369 g/mol. The molecule has 2 unspecified atom stereocenters. The third-order valence-corrected chi connectivity index (χ3v) is 4.58. The summed E-state index contributed by atoms with van der Waals surface area (Å²) in [5.74, 6) is -2.30. The Labute approximate surface area is 155 Å². The zero-order valence-corrected chi connectivity index (χ0v) is 14.5. The van der Waals surface area contributed by atoms with Crippen LogP contribution in [-0.2, 0) is 11.2 Å². The average Bonchev–Trinajstić information content (AvgIpc) is 3.02. The number of carboxylic acids is 1. The van der Waals surface area contributed by atoms with Crippen LogP contribution in [0.3, 0.4) is 0 Å². The number of carboxylic acid groups (broad SMARTS) is 1. The van der Waals surface area contributed by atoms with Crippen molar-refractivity contribution in [2.45, 2.75) is 12.5 Å². The average molecular weight is 369 g/mol. The molecule has 2 aromatic carbocycles. The molecule has 0 heterocycles. The number of carbonyl (C=O) groups excluding carboxylic acids is 2. The first-order chi connectivity index (χ1) is 12.9. The van der Waals surface area contributed by atoms with E-state index in [0.29, 0.717) is 22.4 Å². The zero-order valence-electron chi connectivity index (χ0n) is 14.5. The molecule has 0 saturated carbocycles. The Bertz CT molecular complexity index is 895. The summed E-state index contributed by atoms with van der Waals surface area (Å²) in [6.45, 7) is 0. The maximum Gasteiger partial charge on any atom is 0.318 e. The molecule has 3 rings (SSSR count). The van der Waals surface area contributed by atoms with E-state index in [4.69, 9.17) is 0 Å². The SMILES string of the molecule is CNC(=O)Nc1ccc(C(=O)NC2c3cccc(O)c3CC2C(=O)O)cc1. The van der Waals surface area contributed by atoms with E-state index in [-0.39, 0.29) is 18.2 Å². The first-order valence-corrected chi connectivity index (χ1v) is 8.34. The van der Waals surface area contributed by atoms with Gasteiger partial charge in [0.15, 0.2) is 0 Å². The lowest BCUT2D eigenvalue weighted by molar-refractivity contribution is -0.142. The summed E-state index contributed by atoms with van der Waals surface area (Å²) >= 11 is 0. The minimum atomic E-state index is -1.04. The predicted octanol–water partition coefficient (Wildman–Crippen LogP) is 1.87. The van der Waals surface area contributed by atoms with E-state index in [1.54, 1.807) is 24.3 Å². The van der Waals surface area contributed by atoms with Gasteiger partial charge in [-0.1, -0.05) is 12.1 Å². The van der Waals surface area contributed by atoms with E-state index in [9.17, 15) is 24.6 Å². The van der Waals surface area contributed by atoms with Gasteiger partial charge in [0, 0.05) is 23.9 Å². The van der Waals surface area contributed by atoms with Crippen molar-refractivity contribution in [2.75, 3.05) is 12.4 Å². The third-order valence-electron chi connectivity index (χ3n) is 4.58. The van der Waals surface area contributed by atoms with Crippen molar-refractivity contribution in [2.24, 2.45) is 5.92 Å². The molecule has 27 heavy (non-hydrogen) atoms.